The van der Waals surface area contributed by atoms with E-state index in [1.165, 1.54) is 17.8 Å². The number of hydrogen-bond donors (Lipinski definition) is 0. The molecule has 1 atom stereocenters. The molecule has 0 N–H and O–H groups in total. The van der Waals surface area contributed by atoms with Crippen LogP contribution in [0.15, 0.2) is 28.7 Å². The molecule has 2 nitrogen and oxygen atoms in total. The van der Waals surface area contributed by atoms with E-state index >= 15 is 0 Å². The molecule has 1 aliphatic heterocycles. The second-order valence-corrected chi connectivity index (χ2v) is 5.24. The van der Waals surface area contributed by atoms with Gasteiger partial charge in [0, 0.05) is 11.6 Å². The molecular weight excluding hydrogens is 283 g/mol. The number of fused-ring (bicyclic) bond motifs is 1. The third-order valence-corrected chi connectivity index (χ3v) is 4.11. The number of nitrogens with zero attached hydrogens (tertiary/aromatic N) is 2. The molecule has 17 heavy (non-hydrogen) atoms. The Morgan fingerprint density at radius 3 is 2.71 bits per heavy atom. The summed E-state index contributed by atoms with van der Waals surface area (Å²) in [7, 11) is 0. The lowest BCUT2D eigenvalue weighted by molar-refractivity contribution is 0.523. The third-order valence-electron chi connectivity index (χ3n) is 3.28. The van der Waals surface area contributed by atoms with E-state index in [0.29, 0.717) is 6.04 Å². The Labute approximate surface area is 108 Å². The first-order chi connectivity index (χ1) is 8.16. The fourth-order valence-corrected chi connectivity index (χ4v) is 2.99. The van der Waals surface area contributed by atoms with Crippen LogP contribution in [0, 0.1) is 5.82 Å². The molecule has 3 rings (SSSR count). The molecule has 88 valence electrons. The van der Waals surface area contributed by atoms with E-state index in [2.05, 4.69) is 32.6 Å². The van der Waals surface area contributed by atoms with Crippen LogP contribution in [0.5, 0.6) is 0 Å². The molecule has 1 aromatic heterocycles. The first-order valence-electron chi connectivity index (χ1n) is 5.69. The summed E-state index contributed by atoms with van der Waals surface area (Å²) < 4.78 is 16.0. The second-order valence-electron chi connectivity index (χ2n) is 4.45. The van der Waals surface area contributed by atoms with E-state index < -0.39 is 0 Å². The van der Waals surface area contributed by atoms with E-state index in [0.717, 1.165) is 28.6 Å². The summed E-state index contributed by atoms with van der Waals surface area (Å²) in [5, 5.41) is 4.62. The van der Waals surface area contributed by atoms with E-state index in [9.17, 15) is 4.39 Å². The lowest BCUT2D eigenvalue weighted by Crippen LogP contribution is -2.00. The van der Waals surface area contributed by atoms with Crippen molar-refractivity contribution < 1.29 is 4.39 Å². The minimum absolute atomic E-state index is 0.218. The van der Waals surface area contributed by atoms with Crippen LogP contribution in [-0.2, 0) is 6.42 Å². The van der Waals surface area contributed by atoms with Gasteiger partial charge < -0.3 is 0 Å². The zero-order chi connectivity index (χ0) is 12.0. The highest BCUT2D eigenvalue weighted by atomic mass is 79.9. The summed E-state index contributed by atoms with van der Waals surface area (Å²) in [6, 6.07) is 6.92. The minimum atomic E-state index is -0.218. The molecule has 0 spiro atoms. The van der Waals surface area contributed by atoms with Gasteiger partial charge in [0.15, 0.2) is 0 Å². The maximum absolute atomic E-state index is 12.9. The topological polar surface area (TPSA) is 17.8 Å². The van der Waals surface area contributed by atoms with Crippen LogP contribution in [0.25, 0.3) is 11.3 Å². The average Bonchev–Trinajstić information content (AvgIpc) is 2.83. The van der Waals surface area contributed by atoms with Crippen molar-refractivity contribution in [2.45, 2.75) is 25.8 Å². The molecule has 0 radical (unpaired) electrons. The first kappa shape index (κ1) is 11.0. The van der Waals surface area contributed by atoms with Gasteiger partial charge in [-0.2, -0.15) is 5.10 Å². The molecule has 2 heterocycles. The SMILES string of the molecule is CC1CCc2c(Br)c(-c3ccc(F)cc3)nn21. The van der Waals surface area contributed by atoms with E-state index in [-0.39, 0.29) is 5.82 Å². The summed E-state index contributed by atoms with van der Waals surface area (Å²) in [5.74, 6) is -0.218. The lowest BCUT2D eigenvalue weighted by Gasteiger charge is -2.03. The van der Waals surface area contributed by atoms with Crippen LogP contribution in [0.1, 0.15) is 25.1 Å². The molecule has 0 bridgehead atoms. The maximum atomic E-state index is 12.9. The highest BCUT2D eigenvalue weighted by Crippen LogP contribution is 2.37. The van der Waals surface area contributed by atoms with E-state index in [1.807, 2.05) is 0 Å². The molecule has 1 unspecified atom stereocenters. The summed E-state index contributed by atoms with van der Waals surface area (Å²) in [4.78, 5) is 0. The Morgan fingerprint density at radius 1 is 1.35 bits per heavy atom. The van der Waals surface area contributed by atoms with Crippen molar-refractivity contribution in [3.63, 3.8) is 0 Å². The molecule has 1 aromatic carbocycles. The van der Waals surface area contributed by atoms with Crippen molar-refractivity contribution in [1.29, 1.82) is 0 Å². The Bertz CT molecular complexity index is 560. The highest BCUT2D eigenvalue weighted by Gasteiger charge is 2.25. The van der Waals surface area contributed by atoms with Crippen LogP contribution < -0.4 is 0 Å². The van der Waals surface area contributed by atoms with Gasteiger partial charge in [-0.3, -0.25) is 4.68 Å². The summed E-state index contributed by atoms with van der Waals surface area (Å²) in [5.41, 5.74) is 3.11. The number of halogens is 2. The van der Waals surface area contributed by atoms with Crippen LogP contribution >= 0.6 is 15.9 Å². The van der Waals surface area contributed by atoms with Gasteiger partial charge in [0.25, 0.3) is 0 Å². The van der Waals surface area contributed by atoms with Crippen molar-refractivity contribution >= 4 is 15.9 Å². The molecule has 4 heteroatoms. The second kappa shape index (κ2) is 3.95. The predicted molar refractivity (Wildman–Crippen MR) is 68.4 cm³/mol. The molecular formula is C13H12BrFN2. The van der Waals surface area contributed by atoms with Gasteiger partial charge in [0.1, 0.15) is 11.5 Å². The van der Waals surface area contributed by atoms with Crippen LogP contribution in [0.3, 0.4) is 0 Å². The maximum Gasteiger partial charge on any atom is 0.123 e. The fourth-order valence-electron chi connectivity index (χ4n) is 2.30. The van der Waals surface area contributed by atoms with Gasteiger partial charge in [-0.05, 0) is 60.0 Å². The average molecular weight is 295 g/mol. The minimum Gasteiger partial charge on any atom is -0.265 e. The smallest absolute Gasteiger partial charge is 0.123 e. The van der Waals surface area contributed by atoms with Crippen molar-refractivity contribution in [2.24, 2.45) is 0 Å². The fraction of sp³-hybridized carbons (Fsp3) is 0.308. The highest BCUT2D eigenvalue weighted by molar-refractivity contribution is 9.10. The van der Waals surface area contributed by atoms with Gasteiger partial charge in [-0.15, -0.1) is 0 Å². The molecule has 0 saturated heterocycles. The molecule has 2 aromatic rings. The Kier molecular flexibility index (Phi) is 2.54. The Morgan fingerprint density at radius 2 is 2.06 bits per heavy atom. The molecule has 1 aliphatic rings. The largest absolute Gasteiger partial charge is 0.265 e. The first-order valence-corrected chi connectivity index (χ1v) is 6.49. The molecule has 0 fully saturated rings. The van der Waals surface area contributed by atoms with Gasteiger partial charge >= 0.3 is 0 Å². The monoisotopic (exact) mass is 294 g/mol. The third kappa shape index (κ3) is 1.71. The number of hydrogen-bond acceptors (Lipinski definition) is 1. The molecule has 0 amide bonds. The molecule has 0 saturated carbocycles. The zero-order valence-electron chi connectivity index (χ0n) is 9.45. The van der Waals surface area contributed by atoms with Gasteiger partial charge in [-0.1, -0.05) is 0 Å². The predicted octanol–water partition coefficient (Wildman–Crippen LogP) is 3.96. The number of aromatic nitrogens is 2. The number of benzene rings is 1. The van der Waals surface area contributed by atoms with Crippen molar-refractivity contribution in [3.05, 3.63) is 40.2 Å². The lowest BCUT2D eigenvalue weighted by atomic mass is 10.1. The van der Waals surface area contributed by atoms with Crippen LogP contribution in [0.4, 0.5) is 4.39 Å². The zero-order valence-corrected chi connectivity index (χ0v) is 11.0. The Hall–Kier alpha value is -1.16. The van der Waals surface area contributed by atoms with Crippen LogP contribution in [-0.4, -0.2) is 9.78 Å². The molecule has 0 aliphatic carbocycles. The van der Waals surface area contributed by atoms with E-state index in [1.54, 1.807) is 12.1 Å². The Balaban J connectivity index is 2.10. The quantitative estimate of drug-likeness (QED) is 0.778. The van der Waals surface area contributed by atoms with Crippen LogP contribution in [0.2, 0.25) is 0 Å². The van der Waals surface area contributed by atoms with Gasteiger partial charge in [0.2, 0.25) is 0 Å². The van der Waals surface area contributed by atoms with E-state index in [4.69, 9.17) is 0 Å². The van der Waals surface area contributed by atoms with Crippen molar-refractivity contribution in [2.75, 3.05) is 0 Å². The van der Waals surface area contributed by atoms with Crippen molar-refractivity contribution in [1.82, 2.24) is 9.78 Å². The van der Waals surface area contributed by atoms with Gasteiger partial charge in [-0.25, -0.2) is 4.39 Å². The standard InChI is InChI=1S/C13H12BrFN2/c1-8-2-7-11-12(14)13(16-17(8)11)9-3-5-10(15)6-4-9/h3-6,8H,2,7H2,1H3. The summed E-state index contributed by atoms with van der Waals surface area (Å²) in [6.45, 7) is 2.17. The number of rotatable bonds is 1. The normalized spacial score (nSPS) is 18.4. The van der Waals surface area contributed by atoms with Crippen molar-refractivity contribution in [3.8, 4) is 11.3 Å². The van der Waals surface area contributed by atoms with Gasteiger partial charge in [0.05, 0.1) is 10.2 Å². The summed E-state index contributed by atoms with van der Waals surface area (Å²) >= 11 is 3.61. The summed E-state index contributed by atoms with van der Waals surface area (Å²) in [6.07, 6.45) is 2.20.